The number of hydrogen-bond donors (Lipinski definition) is 2. The average Bonchev–Trinajstić information content (AvgIpc) is 3.13. The maximum absolute atomic E-state index is 9.91. The van der Waals surface area contributed by atoms with Crippen LogP contribution in [0.5, 0.6) is 5.75 Å². The van der Waals surface area contributed by atoms with E-state index in [1.165, 1.54) is 12.8 Å². The third-order valence-corrected chi connectivity index (χ3v) is 2.97. The Labute approximate surface area is 96.4 Å². The fourth-order valence-electron chi connectivity index (χ4n) is 1.69. The molecule has 0 amide bonds. The second kappa shape index (κ2) is 5.32. The Bertz CT molecular complexity index is 319. The molecule has 2 rings (SSSR count). The van der Waals surface area contributed by atoms with Crippen molar-refractivity contribution in [3.05, 3.63) is 29.8 Å². The number of ether oxygens (including phenoxy) is 1. The minimum absolute atomic E-state index is 0.426. The summed E-state index contributed by atoms with van der Waals surface area (Å²) < 4.78 is 5.07. The van der Waals surface area contributed by atoms with Crippen molar-refractivity contribution in [3.8, 4) is 5.75 Å². The van der Waals surface area contributed by atoms with Gasteiger partial charge in [-0.2, -0.15) is 0 Å². The van der Waals surface area contributed by atoms with Gasteiger partial charge in [0.15, 0.2) is 0 Å². The lowest BCUT2D eigenvalue weighted by Crippen LogP contribution is -2.23. The molecule has 1 aliphatic carbocycles. The van der Waals surface area contributed by atoms with Crippen LogP contribution in [-0.4, -0.2) is 25.3 Å². The number of nitrogens with one attached hydrogen (secondary N) is 1. The molecule has 1 unspecified atom stereocenters. The van der Waals surface area contributed by atoms with Gasteiger partial charge in [0.1, 0.15) is 5.75 Å². The monoisotopic (exact) mass is 221 g/mol. The Morgan fingerprint density at radius 1 is 1.38 bits per heavy atom. The highest BCUT2D eigenvalue weighted by Crippen LogP contribution is 2.27. The average molecular weight is 221 g/mol. The first kappa shape index (κ1) is 11.4. The van der Waals surface area contributed by atoms with Gasteiger partial charge in [-0.05, 0) is 43.0 Å². The Morgan fingerprint density at radius 2 is 2.06 bits per heavy atom. The van der Waals surface area contributed by atoms with Gasteiger partial charge in [0, 0.05) is 6.54 Å². The predicted octanol–water partition coefficient (Wildman–Crippen LogP) is 1.73. The Kier molecular flexibility index (Phi) is 3.80. The molecule has 0 spiro atoms. The van der Waals surface area contributed by atoms with Crippen LogP contribution in [-0.2, 0) is 0 Å². The zero-order chi connectivity index (χ0) is 11.4. The van der Waals surface area contributed by atoms with Crippen molar-refractivity contribution in [3.63, 3.8) is 0 Å². The zero-order valence-corrected chi connectivity index (χ0v) is 9.65. The molecule has 88 valence electrons. The van der Waals surface area contributed by atoms with Crippen LogP contribution in [0.3, 0.4) is 0 Å². The third-order valence-electron chi connectivity index (χ3n) is 2.97. The highest BCUT2D eigenvalue weighted by Gasteiger charge is 2.20. The van der Waals surface area contributed by atoms with Crippen molar-refractivity contribution in [2.45, 2.75) is 18.9 Å². The van der Waals surface area contributed by atoms with Gasteiger partial charge in [0.05, 0.1) is 13.2 Å². The molecule has 2 N–H and O–H groups in total. The van der Waals surface area contributed by atoms with E-state index in [9.17, 15) is 5.11 Å². The van der Waals surface area contributed by atoms with E-state index in [1.807, 2.05) is 24.3 Å². The lowest BCUT2D eigenvalue weighted by molar-refractivity contribution is 0.174. The van der Waals surface area contributed by atoms with Crippen molar-refractivity contribution in [1.29, 1.82) is 0 Å². The van der Waals surface area contributed by atoms with Gasteiger partial charge in [-0.15, -0.1) is 0 Å². The van der Waals surface area contributed by atoms with Crippen molar-refractivity contribution in [2.75, 3.05) is 20.2 Å². The van der Waals surface area contributed by atoms with Gasteiger partial charge < -0.3 is 15.2 Å². The van der Waals surface area contributed by atoms with Crippen LogP contribution < -0.4 is 10.1 Å². The van der Waals surface area contributed by atoms with E-state index in [0.29, 0.717) is 6.54 Å². The van der Waals surface area contributed by atoms with Crippen molar-refractivity contribution < 1.29 is 9.84 Å². The molecule has 1 fully saturated rings. The molecule has 0 aromatic heterocycles. The minimum atomic E-state index is -0.426. The van der Waals surface area contributed by atoms with Crippen LogP contribution in [0.25, 0.3) is 0 Å². The molecule has 0 heterocycles. The third kappa shape index (κ3) is 3.22. The first-order chi connectivity index (χ1) is 7.79. The standard InChI is InChI=1S/C13H19NO2/c1-16-12-6-4-11(5-7-12)13(15)9-14-8-10-2-3-10/h4-7,10,13-15H,2-3,8-9H2,1H3. The van der Waals surface area contributed by atoms with E-state index >= 15 is 0 Å². The zero-order valence-electron chi connectivity index (χ0n) is 9.65. The van der Waals surface area contributed by atoms with Crippen LogP contribution >= 0.6 is 0 Å². The molecule has 1 aromatic rings. The highest BCUT2D eigenvalue weighted by atomic mass is 16.5. The normalized spacial score (nSPS) is 17.1. The summed E-state index contributed by atoms with van der Waals surface area (Å²) in [7, 11) is 1.64. The molecule has 1 aromatic carbocycles. The van der Waals surface area contributed by atoms with Gasteiger partial charge >= 0.3 is 0 Å². The summed E-state index contributed by atoms with van der Waals surface area (Å²) in [6, 6.07) is 7.56. The van der Waals surface area contributed by atoms with E-state index in [2.05, 4.69) is 5.32 Å². The molecule has 0 radical (unpaired) electrons. The second-order valence-electron chi connectivity index (χ2n) is 4.39. The van der Waals surface area contributed by atoms with Gasteiger partial charge in [-0.25, -0.2) is 0 Å². The highest BCUT2D eigenvalue weighted by molar-refractivity contribution is 5.28. The van der Waals surface area contributed by atoms with Gasteiger partial charge in [-0.1, -0.05) is 12.1 Å². The quantitative estimate of drug-likeness (QED) is 0.768. The summed E-state index contributed by atoms with van der Waals surface area (Å²) >= 11 is 0. The number of methoxy groups -OCH3 is 1. The number of benzene rings is 1. The first-order valence-electron chi connectivity index (χ1n) is 5.82. The van der Waals surface area contributed by atoms with Crippen LogP contribution in [0.2, 0.25) is 0 Å². The predicted molar refractivity (Wildman–Crippen MR) is 63.5 cm³/mol. The van der Waals surface area contributed by atoms with Crippen LogP contribution in [0, 0.1) is 5.92 Å². The van der Waals surface area contributed by atoms with Crippen LogP contribution in [0.4, 0.5) is 0 Å². The van der Waals surface area contributed by atoms with Gasteiger partial charge in [0.25, 0.3) is 0 Å². The van der Waals surface area contributed by atoms with Gasteiger partial charge in [0.2, 0.25) is 0 Å². The number of aliphatic hydroxyl groups excluding tert-OH is 1. The SMILES string of the molecule is COc1ccc(C(O)CNCC2CC2)cc1. The smallest absolute Gasteiger partial charge is 0.118 e. The molecule has 3 heteroatoms. The molecule has 1 saturated carbocycles. The molecule has 1 aliphatic rings. The summed E-state index contributed by atoms with van der Waals surface area (Å²) in [4.78, 5) is 0. The molecule has 0 aliphatic heterocycles. The summed E-state index contributed by atoms with van der Waals surface area (Å²) in [5.41, 5.74) is 0.934. The molecule has 1 atom stereocenters. The maximum Gasteiger partial charge on any atom is 0.118 e. The van der Waals surface area contributed by atoms with E-state index in [1.54, 1.807) is 7.11 Å². The van der Waals surface area contributed by atoms with E-state index in [-0.39, 0.29) is 0 Å². The van der Waals surface area contributed by atoms with E-state index in [4.69, 9.17) is 4.74 Å². The number of aliphatic hydroxyl groups is 1. The van der Waals surface area contributed by atoms with Crippen molar-refractivity contribution in [2.24, 2.45) is 5.92 Å². The lowest BCUT2D eigenvalue weighted by Gasteiger charge is -2.12. The Hall–Kier alpha value is -1.06. The number of hydrogen-bond acceptors (Lipinski definition) is 3. The van der Waals surface area contributed by atoms with E-state index < -0.39 is 6.10 Å². The summed E-state index contributed by atoms with van der Waals surface area (Å²) in [6.45, 7) is 1.66. The van der Waals surface area contributed by atoms with Crippen molar-refractivity contribution >= 4 is 0 Å². The Morgan fingerprint density at radius 3 is 2.62 bits per heavy atom. The minimum Gasteiger partial charge on any atom is -0.497 e. The molecule has 3 nitrogen and oxygen atoms in total. The topological polar surface area (TPSA) is 41.5 Å². The Balaban J connectivity index is 1.79. The summed E-state index contributed by atoms with van der Waals surface area (Å²) in [5, 5.41) is 13.2. The molecule has 0 bridgehead atoms. The van der Waals surface area contributed by atoms with Crippen LogP contribution in [0.15, 0.2) is 24.3 Å². The molecular formula is C13H19NO2. The fourth-order valence-corrected chi connectivity index (χ4v) is 1.69. The summed E-state index contributed by atoms with van der Waals surface area (Å²) in [6.07, 6.45) is 2.25. The molecule has 16 heavy (non-hydrogen) atoms. The van der Waals surface area contributed by atoms with Gasteiger partial charge in [-0.3, -0.25) is 0 Å². The molecular weight excluding hydrogens is 202 g/mol. The molecule has 0 saturated heterocycles. The fraction of sp³-hybridized carbons (Fsp3) is 0.538. The second-order valence-corrected chi connectivity index (χ2v) is 4.39. The number of rotatable bonds is 6. The van der Waals surface area contributed by atoms with E-state index in [0.717, 1.165) is 23.8 Å². The maximum atomic E-state index is 9.91. The summed E-state index contributed by atoms with van der Waals surface area (Å²) in [5.74, 6) is 1.67. The van der Waals surface area contributed by atoms with Crippen LogP contribution in [0.1, 0.15) is 24.5 Å². The largest absolute Gasteiger partial charge is 0.497 e. The first-order valence-corrected chi connectivity index (χ1v) is 5.82. The van der Waals surface area contributed by atoms with Crippen molar-refractivity contribution in [1.82, 2.24) is 5.32 Å². The lowest BCUT2D eigenvalue weighted by atomic mass is 10.1.